The molecule has 2 aromatic rings. The normalized spacial score (nSPS) is 15.4. The molecule has 1 aliphatic heterocycles. The van der Waals surface area contributed by atoms with Gasteiger partial charge in [0.25, 0.3) is 5.91 Å². The van der Waals surface area contributed by atoms with Gasteiger partial charge in [0.15, 0.2) is 5.11 Å². The summed E-state index contributed by atoms with van der Waals surface area (Å²) in [5.41, 5.74) is 2.30. The Balaban J connectivity index is 1.70. The highest BCUT2D eigenvalue weighted by Crippen LogP contribution is 2.18. The number of hydrogen-bond acceptors (Lipinski definition) is 3. The second kappa shape index (κ2) is 6.81. The van der Waals surface area contributed by atoms with E-state index in [2.05, 4.69) is 10.6 Å². The lowest BCUT2D eigenvalue weighted by molar-refractivity contribution is -0.115. The fourth-order valence-corrected chi connectivity index (χ4v) is 2.42. The minimum absolute atomic E-state index is 0.234. The summed E-state index contributed by atoms with van der Waals surface area (Å²) < 4.78 is 5.77. The Labute approximate surface area is 144 Å². The quantitative estimate of drug-likeness (QED) is 0.660. The van der Waals surface area contributed by atoms with E-state index in [1.54, 1.807) is 6.08 Å². The summed E-state index contributed by atoms with van der Waals surface area (Å²) in [5.74, 6) is 0.484. The van der Waals surface area contributed by atoms with Crippen LogP contribution < -0.4 is 15.4 Å². The van der Waals surface area contributed by atoms with Gasteiger partial charge in [-0.25, -0.2) is 0 Å². The molecule has 1 heterocycles. The first kappa shape index (κ1) is 15.5. The van der Waals surface area contributed by atoms with E-state index in [1.807, 2.05) is 48.5 Å². The molecule has 0 saturated carbocycles. The third kappa shape index (κ3) is 4.09. The zero-order valence-electron chi connectivity index (χ0n) is 12.0. The van der Waals surface area contributed by atoms with E-state index in [1.165, 1.54) is 0 Å². The van der Waals surface area contributed by atoms with Crippen LogP contribution in [0, 0.1) is 0 Å². The van der Waals surface area contributed by atoms with Crippen LogP contribution >= 0.6 is 23.8 Å². The van der Waals surface area contributed by atoms with Crippen LogP contribution in [0.2, 0.25) is 5.02 Å². The molecule has 2 aromatic carbocycles. The summed E-state index contributed by atoms with van der Waals surface area (Å²) in [6, 6.07) is 15.0. The van der Waals surface area contributed by atoms with Crippen LogP contribution in [0.25, 0.3) is 6.08 Å². The zero-order valence-corrected chi connectivity index (χ0v) is 13.6. The molecule has 1 saturated heterocycles. The molecule has 0 unspecified atom stereocenters. The number of benzene rings is 2. The molecule has 4 nitrogen and oxygen atoms in total. The fraction of sp³-hybridized carbons (Fsp3) is 0.0588. The number of hydrogen-bond donors (Lipinski definition) is 2. The first-order valence-corrected chi connectivity index (χ1v) is 7.70. The van der Waals surface area contributed by atoms with Crippen LogP contribution in [0.1, 0.15) is 11.1 Å². The molecular weight excluding hydrogens is 332 g/mol. The number of thiocarbonyl (C=S) groups is 1. The predicted octanol–water partition coefficient (Wildman–Crippen LogP) is 3.26. The van der Waals surface area contributed by atoms with Crippen LogP contribution in [0.4, 0.5) is 0 Å². The van der Waals surface area contributed by atoms with Gasteiger partial charge < -0.3 is 10.1 Å². The Kier molecular flexibility index (Phi) is 4.60. The summed E-state index contributed by atoms with van der Waals surface area (Å²) in [6.45, 7) is 0.444. The van der Waals surface area contributed by atoms with E-state index in [-0.39, 0.29) is 5.91 Å². The Morgan fingerprint density at radius 3 is 2.61 bits per heavy atom. The summed E-state index contributed by atoms with van der Waals surface area (Å²) in [5, 5.41) is 6.35. The Hall–Kier alpha value is -2.37. The van der Waals surface area contributed by atoms with Gasteiger partial charge in [0.2, 0.25) is 0 Å². The highest BCUT2D eigenvalue weighted by atomic mass is 35.5. The second-order valence-corrected chi connectivity index (χ2v) is 5.80. The molecule has 1 amide bonds. The van der Waals surface area contributed by atoms with E-state index >= 15 is 0 Å². The highest BCUT2D eigenvalue weighted by Gasteiger charge is 2.19. The zero-order chi connectivity index (χ0) is 16.2. The van der Waals surface area contributed by atoms with Gasteiger partial charge >= 0.3 is 0 Å². The lowest BCUT2D eigenvalue weighted by Gasteiger charge is -2.07. The molecule has 0 radical (unpaired) electrons. The Morgan fingerprint density at radius 1 is 1.13 bits per heavy atom. The SMILES string of the molecule is O=C1NC(=S)NC1=Cc1cccc(OCc2ccc(Cl)cc2)c1. The van der Waals surface area contributed by atoms with Crippen molar-refractivity contribution in [2.75, 3.05) is 0 Å². The van der Waals surface area contributed by atoms with Gasteiger partial charge in [-0.15, -0.1) is 0 Å². The van der Waals surface area contributed by atoms with Crippen molar-refractivity contribution >= 4 is 40.9 Å². The molecule has 0 spiro atoms. The van der Waals surface area contributed by atoms with E-state index in [0.29, 0.717) is 22.4 Å². The molecule has 3 rings (SSSR count). The standard InChI is InChI=1S/C17H13ClN2O2S/c18-13-6-4-11(5-7-13)10-22-14-3-1-2-12(8-14)9-15-16(21)20-17(23)19-15/h1-9H,10H2,(H2,19,20,21,23). The van der Waals surface area contributed by atoms with Gasteiger partial charge in [0.05, 0.1) is 0 Å². The molecule has 0 aliphatic carbocycles. The van der Waals surface area contributed by atoms with E-state index < -0.39 is 0 Å². The Bertz CT molecular complexity index is 787. The average Bonchev–Trinajstić information content (AvgIpc) is 2.85. The summed E-state index contributed by atoms with van der Waals surface area (Å²) in [7, 11) is 0. The first-order chi connectivity index (χ1) is 11.1. The number of nitrogens with one attached hydrogen (secondary N) is 2. The van der Waals surface area contributed by atoms with Crippen LogP contribution in [0.5, 0.6) is 5.75 Å². The van der Waals surface area contributed by atoms with Gasteiger partial charge in [-0.1, -0.05) is 35.9 Å². The van der Waals surface area contributed by atoms with E-state index in [0.717, 1.165) is 16.9 Å². The maximum Gasteiger partial charge on any atom is 0.273 e. The van der Waals surface area contributed by atoms with Crippen LogP contribution in [0.15, 0.2) is 54.2 Å². The van der Waals surface area contributed by atoms with E-state index in [9.17, 15) is 4.79 Å². The van der Waals surface area contributed by atoms with Crippen LogP contribution in [-0.2, 0) is 11.4 Å². The number of rotatable bonds is 4. The van der Waals surface area contributed by atoms with Crippen molar-refractivity contribution in [3.8, 4) is 5.75 Å². The molecular formula is C17H13ClN2O2S. The molecule has 0 aromatic heterocycles. The summed E-state index contributed by atoms with van der Waals surface area (Å²) >= 11 is 10.8. The molecule has 1 aliphatic rings. The van der Waals surface area contributed by atoms with Gasteiger partial charge in [-0.05, 0) is 53.7 Å². The summed E-state index contributed by atoms with van der Waals surface area (Å²) in [6.07, 6.45) is 1.73. The van der Waals surface area contributed by atoms with Crippen molar-refractivity contribution in [2.24, 2.45) is 0 Å². The van der Waals surface area contributed by atoms with Crippen molar-refractivity contribution in [1.82, 2.24) is 10.6 Å². The first-order valence-electron chi connectivity index (χ1n) is 6.91. The average molecular weight is 345 g/mol. The van der Waals surface area contributed by atoms with Crippen molar-refractivity contribution in [3.05, 3.63) is 70.4 Å². The predicted molar refractivity (Wildman–Crippen MR) is 94.1 cm³/mol. The number of ether oxygens (including phenoxy) is 1. The van der Waals surface area contributed by atoms with Crippen molar-refractivity contribution in [3.63, 3.8) is 0 Å². The third-order valence-corrected chi connectivity index (χ3v) is 3.66. The highest BCUT2D eigenvalue weighted by molar-refractivity contribution is 7.80. The largest absolute Gasteiger partial charge is 0.489 e. The maximum absolute atomic E-state index is 11.6. The molecule has 23 heavy (non-hydrogen) atoms. The second-order valence-electron chi connectivity index (χ2n) is 4.95. The molecule has 0 bridgehead atoms. The van der Waals surface area contributed by atoms with Crippen molar-refractivity contribution in [1.29, 1.82) is 0 Å². The molecule has 0 atom stereocenters. The number of halogens is 1. The van der Waals surface area contributed by atoms with Gasteiger partial charge in [-0.2, -0.15) is 0 Å². The topological polar surface area (TPSA) is 50.4 Å². The fourth-order valence-electron chi connectivity index (χ4n) is 2.09. The molecule has 2 N–H and O–H groups in total. The molecule has 6 heteroatoms. The number of amides is 1. The summed E-state index contributed by atoms with van der Waals surface area (Å²) in [4.78, 5) is 11.6. The molecule has 116 valence electrons. The third-order valence-electron chi connectivity index (χ3n) is 3.21. The van der Waals surface area contributed by atoms with Gasteiger partial charge in [-0.3, -0.25) is 10.1 Å². The maximum atomic E-state index is 11.6. The Morgan fingerprint density at radius 2 is 1.91 bits per heavy atom. The minimum Gasteiger partial charge on any atom is -0.489 e. The lowest BCUT2D eigenvalue weighted by Crippen LogP contribution is -2.21. The van der Waals surface area contributed by atoms with Crippen LogP contribution in [0.3, 0.4) is 0 Å². The minimum atomic E-state index is -0.234. The molecule has 1 fully saturated rings. The van der Waals surface area contributed by atoms with E-state index in [4.69, 9.17) is 28.6 Å². The van der Waals surface area contributed by atoms with Gasteiger partial charge in [0.1, 0.15) is 18.1 Å². The van der Waals surface area contributed by atoms with Crippen molar-refractivity contribution in [2.45, 2.75) is 6.61 Å². The monoisotopic (exact) mass is 344 g/mol. The van der Waals surface area contributed by atoms with Crippen molar-refractivity contribution < 1.29 is 9.53 Å². The number of carbonyl (C=O) groups excluding carboxylic acids is 1. The van der Waals surface area contributed by atoms with Gasteiger partial charge in [0, 0.05) is 5.02 Å². The lowest BCUT2D eigenvalue weighted by atomic mass is 10.2. The smallest absolute Gasteiger partial charge is 0.273 e. The van der Waals surface area contributed by atoms with Crippen LogP contribution in [-0.4, -0.2) is 11.0 Å². The number of carbonyl (C=O) groups is 1.